The number of halogens is 2. The molecule has 19 heavy (non-hydrogen) atoms. The molecule has 0 heterocycles. The van der Waals surface area contributed by atoms with E-state index in [1.807, 2.05) is 12.1 Å². The molecule has 1 aliphatic rings. The van der Waals surface area contributed by atoms with Gasteiger partial charge in [0.15, 0.2) is 0 Å². The highest BCUT2D eigenvalue weighted by molar-refractivity contribution is 6.35. The molecule has 1 aliphatic carbocycles. The third-order valence-corrected chi connectivity index (χ3v) is 4.89. The van der Waals surface area contributed by atoms with Gasteiger partial charge in [0.05, 0.1) is 11.5 Å². The van der Waals surface area contributed by atoms with Crippen LogP contribution in [0.2, 0.25) is 10.0 Å². The predicted octanol–water partition coefficient (Wildman–Crippen LogP) is 5.65. The molecule has 0 saturated heterocycles. The third kappa shape index (κ3) is 3.44. The van der Waals surface area contributed by atoms with Crippen LogP contribution in [0.4, 0.5) is 0 Å². The van der Waals surface area contributed by atoms with Crippen molar-refractivity contribution in [2.45, 2.75) is 45.4 Å². The van der Waals surface area contributed by atoms with Gasteiger partial charge in [-0.15, -0.1) is 0 Å². The van der Waals surface area contributed by atoms with Crippen LogP contribution in [0.5, 0.6) is 0 Å². The summed E-state index contributed by atoms with van der Waals surface area (Å²) in [5.74, 6) is 0.680. The lowest BCUT2D eigenvalue weighted by atomic mass is 9.67. The van der Waals surface area contributed by atoms with Gasteiger partial charge in [0.2, 0.25) is 0 Å². The molecule has 1 aromatic carbocycles. The molecule has 0 N–H and O–H groups in total. The van der Waals surface area contributed by atoms with E-state index in [2.05, 4.69) is 13.0 Å². The van der Waals surface area contributed by atoms with Gasteiger partial charge in [-0.05, 0) is 42.9 Å². The minimum atomic E-state index is -0.240. The fourth-order valence-electron chi connectivity index (χ4n) is 3.17. The summed E-state index contributed by atoms with van der Waals surface area (Å²) in [4.78, 5) is 0. The second-order valence-electron chi connectivity index (χ2n) is 5.68. The fraction of sp³-hybridized carbons (Fsp3) is 0.562. The summed E-state index contributed by atoms with van der Waals surface area (Å²) in [6, 6.07) is 8.16. The lowest BCUT2D eigenvalue weighted by Crippen LogP contribution is -2.29. The maximum Gasteiger partial charge on any atom is 0.0693 e. The van der Waals surface area contributed by atoms with Crippen molar-refractivity contribution in [1.29, 1.82) is 5.26 Å². The van der Waals surface area contributed by atoms with Crippen LogP contribution in [0.3, 0.4) is 0 Å². The Balaban J connectivity index is 2.21. The number of nitriles is 1. The number of hydrogen-bond acceptors (Lipinski definition) is 1. The van der Waals surface area contributed by atoms with Crippen molar-refractivity contribution >= 4 is 23.2 Å². The molecule has 102 valence electrons. The van der Waals surface area contributed by atoms with Gasteiger partial charge in [-0.2, -0.15) is 5.26 Å². The van der Waals surface area contributed by atoms with E-state index in [-0.39, 0.29) is 5.41 Å². The van der Waals surface area contributed by atoms with Gasteiger partial charge >= 0.3 is 0 Å². The zero-order valence-electron chi connectivity index (χ0n) is 11.3. The van der Waals surface area contributed by atoms with Gasteiger partial charge in [0.1, 0.15) is 0 Å². The minimum absolute atomic E-state index is 0.240. The molecule has 3 heteroatoms. The molecular weight excluding hydrogens is 277 g/mol. The Kier molecular flexibility index (Phi) is 4.76. The molecule has 0 bridgehead atoms. The Morgan fingerprint density at radius 1 is 1.42 bits per heavy atom. The second kappa shape index (κ2) is 6.16. The molecule has 0 aromatic heterocycles. The molecule has 1 nitrogen and oxygen atoms in total. The van der Waals surface area contributed by atoms with Crippen molar-refractivity contribution in [3.05, 3.63) is 33.8 Å². The number of rotatable bonds is 3. The third-order valence-electron chi connectivity index (χ3n) is 4.31. The van der Waals surface area contributed by atoms with E-state index in [0.717, 1.165) is 37.7 Å². The molecule has 1 saturated carbocycles. The molecule has 0 aliphatic heterocycles. The van der Waals surface area contributed by atoms with Crippen molar-refractivity contribution in [2.75, 3.05) is 0 Å². The summed E-state index contributed by atoms with van der Waals surface area (Å²) in [5, 5.41) is 11.0. The lowest BCUT2D eigenvalue weighted by Gasteiger charge is -2.35. The lowest BCUT2D eigenvalue weighted by molar-refractivity contribution is 0.194. The first kappa shape index (κ1) is 14.7. The Hall–Kier alpha value is -0.710. The average molecular weight is 296 g/mol. The largest absolute Gasteiger partial charge is 0.198 e. The average Bonchev–Trinajstić information content (AvgIpc) is 2.42. The maximum absolute atomic E-state index is 9.64. The maximum atomic E-state index is 9.64. The fourth-order valence-corrected chi connectivity index (χ4v) is 3.64. The highest BCUT2D eigenvalue weighted by atomic mass is 35.5. The van der Waals surface area contributed by atoms with Crippen LogP contribution < -0.4 is 0 Å². The minimum Gasteiger partial charge on any atom is -0.198 e. The summed E-state index contributed by atoms with van der Waals surface area (Å²) in [6.45, 7) is 2.22. The topological polar surface area (TPSA) is 23.8 Å². The van der Waals surface area contributed by atoms with Crippen LogP contribution in [-0.2, 0) is 6.42 Å². The van der Waals surface area contributed by atoms with Crippen LogP contribution >= 0.6 is 23.2 Å². The van der Waals surface area contributed by atoms with Gasteiger partial charge in [0.25, 0.3) is 0 Å². The zero-order chi connectivity index (χ0) is 13.9. The Bertz CT molecular complexity index is 492. The molecule has 0 spiro atoms. The quantitative estimate of drug-likeness (QED) is 0.707. The van der Waals surface area contributed by atoms with Gasteiger partial charge in [0, 0.05) is 10.0 Å². The molecular formula is C16H19Cl2N. The number of nitrogens with zero attached hydrogens (tertiary/aromatic N) is 1. The molecule has 0 radical (unpaired) electrons. The Labute approximate surface area is 125 Å². The van der Waals surface area contributed by atoms with Crippen LogP contribution in [-0.4, -0.2) is 0 Å². The van der Waals surface area contributed by atoms with E-state index in [1.165, 1.54) is 6.42 Å². The van der Waals surface area contributed by atoms with Gasteiger partial charge < -0.3 is 0 Å². The standard InChI is InChI=1S/C16H19Cl2N/c1-2-12-4-3-7-16(9-12,11-19)10-13-5-6-14(17)8-15(13)18/h5-6,8,12H,2-4,7,9-10H2,1H3. The van der Waals surface area contributed by atoms with Crippen LogP contribution in [0.25, 0.3) is 0 Å². The molecule has 2 unspecified atom stereocenters. The van der Waals surface area contributed by atoms with E-state index in [1.54, 1.807) is 6.07 Å². The molecule has 1 fully saturated rings. The van der Waals surface area contributed by atoms with E-state index < -0.39 is 0 Å². The smallest absolute Gasteiger partial charge is 0.0693 e. The van der Waals surface area contributed by atoms with Gasteiger partial charge in [-0.3, -0.25) is 0 Å². The van der Waals surface area contributed by atoms with Crippen molar-refractivity contribution in [3.63, 3.8) is 0 Å². The van der Waals surface area contributed by atoms with Gasteiger partial charge in [-0.1, -0.05) is 55.5 Å². The summed E-state index contributed by atoms with van der Waals surface area (Å²) in [6.07, 6.45) is 6.30. The highest BCUT2D eigenvalue weighted by Crippen LogP contribution is 2.43. The van der Waals surface area contributed by atoms with Crippen molar-refractivity contribution < 1.29 is 0 Å². The van der Waals surface area contributed by atoms with Crippen LogP contribution in [0.15, 0.2) is 18.2 Å². The Morgan fingerprint density at radius 3 is 2.84 bits per heavy atom. The predicted molar refractivity (Wildman–Crippen MR) is 80.5 cm³/mol. The first-order chi connectivity index (χ1) is 9.08. The number of benzene rings is 1. The zero-order valence-corrected chi connectivity index (χ0v) is 12.8. The normalized spacial score (nSPS) is 26.9. The second-order valence-corrected chi connectivity index (χ2v) is 6.52. The highest BCUT2D eigenvalue weighted by Gasteiger charge is 2.36. The Morgan fingerprint density at radius 2 is 2.21 bits per heavy atom. The van der Waals surface area contributed by atoms with E-state index in [4.69, 9.17) is 23.2 Å². The van der Waals surface area contributed by atoms with Crippen LogP contribution in [0, 0.1) is 22.7 Å². The van der Waals surface area contributed by atoms with E-state index in [0.29, 0.717) is 16.0 Å². The summed E-state index contributed by atoms with van der Waals surface area (Å²) < 4.78 is 0. The molecule has 0 amide bonds. The molecule has 2 rings (SSSR count). The summed E-state index contributed by atoms with van der Waals surface area (Å²) in [7, 11) is 0. The van der Waals surface area contributed by atoms with Crippen molar-refractivity contribution in [2.24, 2.45) is 11.3 Å². The van der Waals surface area contributed by atoms with E-state index >= 15 is 0 Å². The summed E-state index contributed by atoms with van der Waals surface area (Å²) >= 11 is 12.2. The first-order valence-corrected chi connectivity index (χ1v) is 7.69. The SMILES string of the molecule is CCC1CCCC(C#N)(Cc2ccc(Cl)cc2Cl)C1. The van der Waals surface area contributed by atoms with Crippen molar-refractivity contribution in [3.8, 4) is 6.07 Å². The monoisotopic (exact) mass is 295 g/mol. The molecule has 2 atom stereocenters. The first-order valence-electron chi connectivity index (χ1n) is 6.94. The van der Waals surface area contributed by atoms with E-state index in [9.17, 15) is 5.26 Å². The number of hydrogen-bond donors (Lipinski definition) is 0. The van der Waals surface area contributed by atoms with Crippen LogP contribution in [0.1, 0.15) is 44.6 Å². The summed E-state index contributed by atoms with van der Waals surface area (Å²) in [5.41, 5.74) is 0.806. The van der Waals surface area contributed by atoms with Gasteiger partial charge in [-0.25, -0.2) is 0 Å². The van der Waals surface area contributed by atoms with Crippen molar-refractivity contribution in [1.82, 2.24) is 0 Å². The molecule has 1 aromatic rings.